The van der Waals surface area contributed by atoms with Crippen LogP contribution in [0, 0.1) is 6.20 Å². The maximum Gasteiger partial charge on any atom is 0.192 e. The van der Waals surface area contributed by atoms with Gasteiger partial charge in [-0.25, -0.2) is 0 Å². The first-order chi connectivity index (χ1) is 6.83. The van der Waals surface area contributed by atoms with E-state index in [0.717, 1.165) is 13.2 Å². The maximum atomic E-state index is 6.03. The number of aromatic nitrogens is 2. The molecule has 1 radical (unpaired) electrons. The van der Waals surface area contributed by atoms with Crippen LogP contribution >= 0.6 is 0 Å². The smallest absolute Gasteiger partial charge is 0.192 e. The summed E-state index contributed by atoms with van der Waals surface area (Å²) in [6.45, 7) is 12.8. The van der Waals surface area contributed by atoms with E-state index in [2.05, 4.69) is 45.2 Å². The second kappa shape index (κ2) is 4.49. The zero-order chi connectivity index (χ0) is 11.5. The lowest BCUT2D eigenvalue weighted by Crippen LogP contribution is -2.41. The van der Waals surface area contributed by atoms with Gasteiger partial charge in [0.05, 0.1) is 13.2 Å². The molecular formula is C11H21N2OSi. The summed E-state index contributed by atoms with van der Waals surface area (Å²) in [7, 11) is -1.59. The van der Waals surface area contributed by atoms with Crippen molar-refractivity contribution in [2.24, 2.45) is 0 Å². The first kappa shape index (κ1) is 12.5. The average molecular weight is 225 g/mol. The third-order valence-electron chi connectivity index (χ3n) is 3.10. The van der Waals surface area contributed by atoms with Gasteiger partial charge in [0.2, 0.25) is 0 Å². The summed E-state index contributed by atoms with van der Waals surface area (Å²) < 4.78 is 7.89. The van der Waals surface area contributed by atoms with E-state index < -0.39 is 8.32 Å². The number of hydrogen-bond acceptors (Lipinski definition) is 2. The van der Waals surface area contributed by atoms with Gasteiger partial charge in [0.1, 0.15) is 6.20 Å². The largest absolute Gasteiger partial charge is 0.415 e. The lowest BCUT2D eigenvalue weighted by molar-refractivity contribution is 0.266. The van der Waals surface area contributed by atoms with Crippen molar-refractivity contribution in [1.82, 2.24) is 9.78 Å². The molecule has 0 atom stereocenters. The van der Waals surface area contributed by atoms with Crippen molar-refractivity contribution in [2.45, 2.75) is 45.4 Å². The van der Waals surface area contributed by atoms with Crippen LogP contribution in [0.5, 0.6) is 0 Å². The van der Waals surface area contributed by atoms with Gasteiger partial charge in [0.15, 0.2) is 8.32 Å². The minimum atomic E-state index is -1.59. The fourth-order valence-electron chi connectivity index (χ4n) is 0.996. The average Bonchev–Trinajstić information content (AvgIpc) is 2.54. The van der Waals surface area contributed by atoms with E-state index in [4.69, 9.17) is 4.43 Å². The van der Waals surface area contributed by atoms with Crippen LogP contribution in [0.15, 0.2) is 12.3 Å². The fraction of sp³-hybridized carbons (Fsp3) is 0.727. The molecule has 0 saturated heterocycles. The lowest BCUT2D eigenvalue weighted by atomic mass is 10.2. The molecular weight excluding hydrogens is 204 g/mol. The second-order valence-corrected chi connectivity index (χ2v) is 10.1. The molecule has 4 heteroatoms. The van der Waals surface area contributed by atoms with Gasteiger partial charge in [-0.1, -0.05) is 20.8 Å². The van der Waals surface area contributed by atoms with Gasteiger partial charge in [-0.15, -0.1) is 0 Å². The zero-order valence-corrected chi connectivity index (χ0v) is 11.4. The Balaban J connectivity index is 2.37. The molecule has 0 aliphatic heterocycles. The minimum Gasteiger partial charge on any atom is -0.415 e. The van der Waals surface area contributed by atoms with Crippen molar-refractivity contribution in [3.05, 3.63) is 18.5 Å². The van der Waals surface area contributed by atoms with Crippen LogP contribution < -0.4 is 0 Å². The molecule has 0 fully saturated rings. The van der Waals surface area contributed by atoms with Crippen LogP contribution in [-0.2, 0) is 11.0 Å². The Labute approximate surface area is 93.6 Å². The Kier molecular flexibility index (Phi) is 3.73. The number of hydrogen-bond donors (Lipinski definition) is 0. The van der Waals surface area contributed by atoms with Gasteiger partial charge in [-0.05, 0) is 24.2 Å². The van der Waals surface area contributed by atoms with E-state index in [1.54, 1.807) is 0 Å². The molecule has 0 bridgehead atoms. The molecule has 0 saturated carbocycles. The summed E-state index contributed by atoms with van der Waals surface area (Å²) in [5.41, 5.74) is 0. The highest BCUT2D eigenvalue weighted by atomic mass is 28.4. The Morgan fingerprint density at radius 1 is 1.40 bits per heavy atom. The first-order valence-electron chi connectivity index (χ1n) is 5.36. The SMILES string of the molecule is CC(C)(C)[Si](C)(C)OCCn1cc[c]n1. The fourth-order valence-corrected chi connectivity index (χ4v) is 2.03. The topological polar surface area (TPSA) is 27.1 Å². The van der Waals surface area contributed by atoms with Gasteiger partial charge in [-0.2, -0.15) is 5.10 Å². The van der Waals surface area contributed by atoms with E-state index in [0.29, 0.717) is 0 Å². The highest BCUT2D eigenvalue weighted by molar-refractivity contribution is 6.74. The molecule has 0 unspecified atom stereocenters. The highest BCUT2D eigenvalue weighted by Gasteiger charge is 2.36. The van der Waals surface area contributed by atoms with Crippen LogP contribution in [0.4, 0.5) is 0 Å². The van der Waals surface area contributed by atoms with Crippen LogP contribution in [0.3, 0.4) is 0 Å². The Hall–Kier alpha value is -0.613. The van der Waals surface area contributed by atoms with E-state index in [1.807, 2.05) is 16.9 Å². The summed E-state index contributed by atoms with van der Waals surface area (Å²) in [5, 5.41) is 4.31. The predicted molar refractivity (Wildman–Crippen MR) is 64.2 cm³/mol. The summed E-state index contributed by atoms with van der Waals surface area (Å²) in [6.07, 6.45) is 4.69. The Morgan fingerprint density at radius 3 is 2.53 bits per heavy atom. The molecule has 1 aromatic heterocycles. The number of nitrogens with zero attached hydrogens (tertiary/aromatic N) is 2. The Morgan fingerprint density at radius 2 is 2.07 bits per heavy atom. The Bertz CT molecular complexity index is 288. The zero-order valence-electron chi connectivity index (χ0n) is 10.4. The molecule has 1 rings (SSSR count). The molecule has 85 valence electrons. The first-order valence-corrected chi connectivity index (χ1v) is 8.27. The predicted octanol–water partition coefficient (Wildman–Crippen LogP) is 2.71. The summed E-state index contributed by atoms with van der Waals surface area (Å²) in [6, 6.07) is 1.81. The summed E-state index contributed by atoms with van der Waals surface area (Å²) >= 11 is 0. The highest BCUT2D eigenvalue weighted by Crippen LogP contribution is 2.36. The molecule has 1 aromatic rings. The monoisotopic (exact) mass is 225 g/mol. The van der Waals surface area contributed by atoms with E-state index in [-0.39, 0.29) is 5.04 Å². The minimum absolute atomic E-state index is 0.281. The molecule has 3 nitrogen and oxygen atoms in total. The number of rotatable bonds is 4. The standard InChI is InChI=1S/C11H21N2OSi/c1-11(2,3)15(4,5)14-10-9-13-8-6-7-12-13/h6,8H,9-10H2,1-5H3. The summed E-state index contributed by atoms with van der Waals surface area (Å²) in [5.74, 6) is 0. The normalized spacial score (nSPS) is 13.1. The van der Waals surface area contributed by atoms with Crippen LogP contribution in [-0.4, -0.2) is 24.7 Å². The molecule has 0 aliphatic carbocycles. The van der Waals surface area contributed by atoms with Gasteiger partial charge < -0.3 is 4.43 Å². The van der Waals surface area contributed by atoms with Gasteiger partial charge in [0.25, 0.3) is 0 Å². The molecule has 1 heterocycles. The van der Waals surface area contributed by atoms with Crippen LogP contribution in [0.1, 0.15) is 20.8 Å². The summed E-state index contributed by atoms with van der Waals surface area (Å²) in [4.78, 5) is 0. The van der Waals surface area contributed by atoms with Gasteiger partial charge in [-0.3, -0.25) is 4.68 Å². The lowest BCUT2D eigenvalue weighted by Gasteiger charge is -2.36. The van der Waals surface area contributed by atoms with Crippen molar-refractivity contribution < 1.29 is 4.43 Å². The van der Waals surface area contributed by atoms with Crippen molar-refractivity contribution in [1.29, 1.82) is 0 Å². The molecule has 0 amide bonds. The van der Waals surface area contributed by atoms with Crippen LogP contribution in [0.2, 0.25) is 18.1 Å². The van der Waals surface area contributed by atoms with Crippen LogP contribution in [0.25, 0.3) is 0 Å². The third-order valence-corrected chi connectivity index (χ3v) is 7.63. The second-order valence-electron chi connectivity index (χ2n) is 5.32. The van der Waals surface area contributed by atoms with Gasteiger partial charge in [0, 0.05) is 6.20 Å². The maximum absolute atomic E-state index is 6.03. The molecule has 15 heavy (non-hydrogen) atoms. The van der Waals surface area contributed by atoms with E-state index in [1.165, 1.54) is 0 Å². The van der Waals surface area contributed by atoms with Crippen molar-refractivity contribution in [3.8, 4) is 0 Å². The van der Waals surface area contributed by atoms with Crippen molar-refractivity contribution in [2.75, 3.05) is 6.61 Å². The molecule has 0 N–H and O–H groups in total. The van der Waals surface area contributed by atoms with Crippen molar-refractivity contribution in [3.63, 3.8) is 0 Å². The molecule has 0 aliphatic rings. The quantitative estimate of drug-likeness (QED) is 0.737. The van der Waals surface area contributed by atoms with E-state index >= 15 is 0 Å². The molecule has 0 spiro atoms. The van der Waals surface area contributed by atoms with Crippen molar-refractivity contribution >= 4 is 8.32 Å². The molecule has 0 aromatic carbocycles. The van der Waals surface area contributed by atoms with E-state index in [9.17, 15) is 0 Å². The third kappa shape index (κ3) is 3.46. The van der Waals surface area contributed by atoms with Gasteiger partial charge >= 0.3 is 0 Å².